The van der Waals surface area contributed by atoms with Crippen LogP contribution < -0.4 is 4.74 Å². The molecule has 2 nitrogen and oxygen atoms in total. The minimum Gasteiger partial charge on any atom is -0.495 e. The SMILES string of the molecule is COc1c(Br)ccc(C)c1C=O. The quantitative estimate of drug-likeness (QED) is 0.728. The topological polar surface area (TPSA) is 26.3 Å². The Morgan fingerprint density at radius 2 is 2.17 bits per heavy atom. The maximum Gasteiger partial charge on any atom is 0.154 e. The van der Waals surface area contributed by atoms with Crippen molar-refractivity contribution in [1.82, 2.24) is 0 Å². The summed E-state index contributed by atoms with van der Waals surface area (Å²) < 4.78 is 5.87. The van der Waals surface area contributed by atoms with Crippen LogP contribution in [-0.2, 0) is 0 Å². The summed E-state index contributed by atoms with van der Waals surface area (Å²) in [5.74, 6) is 0.602. The number of aryl methyl sites for hydroxylation is 1. The fraction of sp³-hybridized carbons (Fsp3) is 0.222. The number of carbonyl (C=O) groups is 1. The molecule has 0 bridgehead atoms. The zero-order valence-corrected chi connectivity index (χ0v) is 8.51. The summed E-state index contributed by atoms with van der Waals surface area (Å²) in [6.45, 7) is 1.87. The molecule has 0 radical (unpaired) electrons. The molecule has 1 aromatic carbocycles. The molecule has 0 N–H and O–H groups in total. The Bertz CT molecular complexity index is 308. The first-order valence-electron chi connectivity index (χ1n) is 3.49. The van der Waals surface area contributed by atoms with E-state index in [2.05, 4.69) is 15.9 Å². The van der Waals surface area contributed by atoms with E-state index >= 15 is 0 Å². The van der Waals surface area contributed by atoms with Crippen molar-refractivity contribution < 1.29 is 9.53 Å². The van der Waals surface area contributed by atoms with Gasteiger partial charge in [-0.1, -0.05) is 6.07 Å². The van der Waals surface area contributed by atoms with Crippen LogP contribution in [0.2, 0.25) is 0 Å². The van der Waals surface area contributed by atoms with Gasteiger partial charge in [-0.25, -0.2) is 0 Å². The Labute approximate surface area is 79.7 Å². The van der Waals surface area contributed by atoms with E-state index in [4.69, 9.17) is 4.74 Å². The lowest BCUT2D eigenvalue weighted by Gasteiger charge is -2.07. The van der Waals surface area contributed by atoms with E-state index < -0.39 is 0 Å². The van der Waals surface area contributed by atoms with Crippen molar-refractivity contribution in [1.29, 1.82) is 0 Å². The third-order valence-electron chi connectivity index (χ3n) is 1.69. The summed E-state index contributed by atoms with van der Waals surface area (Å²) >= 11 is 3.30. The van der Waals surface area contributed by atoms with Crippen LogP contribution in [0.25, 0.3) is 0 Å². The third kappa shape index (κ3) is 1.50. The van der Waals surface area contributed by atoms with Crippen LogP contribution in [-0.4, -0.2) is 13.4 Å². The first kappa shape index (κ1) is 9.26. The molecule has 0 aliphatic rings. The molecule has 0 heterocycles. The number of ether oxygens (including phenoxy) is 1. The number of hydrogen-bond donors (Lipinski definition) is 0. The molecule has 1 rings (SSSR count). The molecule has 0 aliphatic carbocycles. The van der Waals surface area contributed by atoms with Crippen molar-refractivity contribution in [3.05, 3.63) is 27.7 Å². The lowest BCUT2D eigenvalue weighted by atomic mass is 10.1. The zero-order valence-electron chi connectivity index (χ0n) is 6.93. The molecule has 0 saturated carbocycles. The molecule has 0 unspecified atom stereocenters. The molecule has 0 aliphatic heterocycles. The van der Waals surface area contributed by atoms with E-state index in [1.165, 1.54) is 0 Å². The molecule has 0 atom stereocenters. The third-order valence-corrected chi connectivity index (χ3v) is 2.31. The smallest absolute Gasteiger partial charge is 0.154 e. The van der Waals surface area contributed by atoms with Crippen molar-refractivity contribution in [3.8, 4) is 5.75 Å². The summed E-state index contributed by atoms with van der Waals surface area (Å²) in [6, 6.07) is 3.73. The Morgan fingerprint density at radius 1 is 1.50 bits per heavy atom. The fourth-order valence-electron chi connectivity index (χ4n) is 1.03. The van der Waals surface area contributed by atoms with Crippen LogP contribution in [0.1, 0.15) is 15.9 Å². The normalized spacial score (nSPS) is 9.58. The highest BCUT2D eigenvalue weighted by Crippen LogP contribution is 2.29. The summed E-state index contributed by atoms with van der Waals surface area (Å²) in [4.78, 5) is 10.7. The highest BCUT2D eigenvalue weighted by molar-refractivity contribution is 9.10. The fourth-order valence-corrected chi connectivity index (χ4v) is 1.53. The zero-order chi connectivity index (χ0) is 9.14. The molecular formula is C9H9BrO2. The van der Waals surface area contributed by atoms with Gasteiger partial charge < -0.3 is 4.74 Å². The van der Waals surface area contributed by atoms with Gasteiger partial charge in [-0.05, 0) is 34.5 Å². The average molecular weight is 229 g/mol. The first-order valence-corrected chi connectivity index (χ1v) is 4.28. The molecular weight excluding hydrogens is 220 g/mol. The summed E-state index contributed by atoms with van der Waals surface area (Å²) in [6.07, 6.45) is 0.804. The van der Waals surface area contributed by atoms with Crippen LogP contribution in [0.5, 0.6) is 5.75 Å². The standard InChI is InChI=1S/C9H9BrO2/c1-6-3-4-8(10)9(12-2)7(6)5-11/h3-5H,1-2H3. The summed E-state index contributed by atoms with van der Waals surface area (Å²) in [5.41, 5.74) is 1.52. The Balaban J connectivity index is 3.38. The number of methoxy groups -OCH3 is 1. The Morgan fingerprint density at radius 3 is 2.58 bits per heavy atom. The monoisotopic (exact) mass is 228 g/mol. The second-order valence-electron chi connectivity index (χ2n) is 2.43. The molecule has 3 heteroatoms. The second-order valence-corrected chi connectivity index (χ2v) is 3.28. The van der Waals surface area contributed by atoms with Crippen LogP contribution in [0.15, 0.2) is 16.6 Å². The van der Waals surface area contributed by atoms with Gasteiger partial charge in [-0.2, -0.15) is 0 Å². The van der Waals surface area contributed by atoms with E-state index in [-0.39, 0.29) is 0 Å². The van der Waals surface area contributed by atoms with Gasteiger partial charge >= 0.3 is 0 Å². The van der Waals surface area contributed by atoms with Gasteiger partial charge in [0.15, 0.2) is 6.29 Å². The van der Waals surface area contributed by atoms with Crippen molar-refractivity contribution in [3.63, 3.8) is 0 Å². The molecule has 12 heavy (non-hydrogen) atoms. The van der Waals surface area contributed by atoms with Gasteiger partial charge in [0.05, 0.1) is 17.1 Å². The largest absolute Gasteiger partial charge is 0.495 e. The molecule has 0 aromatic heterocycles. The minimum absolute atomic E-state index is 0.602. The lowest BCUT2D eigenvalue weighted by Crippen LogP contribution is -1.94. The second kappa shape index (κ2) is 3.72. The molecule has 0 amide bonds. The van der Waals surface area contributed by atoms with Gasteiger partial charge in [0.2, 0.25) is 0 Å². The number of benzene rings is 1. The van der Waals surface area contributed by atoms with E-state index in [9.17, 15) is 4.79 Å². The summed E-state index contributed by atoms with van der Waals surface area (Å²) in [7, 11) is 1.55. The number of aldehydes is 1. The van der Waals surface area contributed by atoms with E-state index in [1.54, 1.807) is 7.11 Å². The maximum atomic E-state index is 10.7. The highest BCUT2D eigenvalue weighted by atomic mass is 79.9. The number of halogens is 1. The van der Waals surface area contributed by atoms with E-state index in [0.29, 0.717) is 11.3 Å². The van der Waals surface area contributed by atoms with Gasteiger partial charge in [-0.15, -0.1) is 0 Å². The van der Waals surface area contributed by atoms with Crippen molar-refractivity contribution >= 4 is 22.2 Å². The first-order chi connectivity index (χ1) is 5.70. The molecule has 0 saturated heterocycles. The van der Waals surface area contributed by atoms with Crippen molar-refractivity contribution in [2.24, 2.45) is 0 Å². The van der Waals surface area contributed by atoms with Crippen LogP contribution in [0.4, 0.5) is 0 Å². The number of carbonyl (C=O) groups excluding carboxylic acids is 1. The molecule has 0 fully saturated rings. The lowest BCUT2D eigenvalue weighted by molar-refractivity contribution is 0.112. The van der Waals surface area contributed by atoms with E-state index in [1.807, 2.05) is 19.1 Å². The maximum absolute atomic E-state index is 10.7. The van der Waals surface area contributed by atoms with E-state index in [0.717, 1.165) is 16.3 Å². The van der Waals surface area contributed by atoms with Crippen molar-refractivity contribution in [2.75, 3.05) is 7.11 Å². The summed E-state index contributed by atoms with van der Waals surface area (Å²) in [5, 5.41) is 0. The predicted molar refractivity (Wildman–Crippen MR) is 50.8 cm³/mol. The Kier molecular flexibility index (Phi) is 2.87. The minimum atomic E-state index is 0.602. The number of rotatable bonds is 2. The van der Waals surface area contributed by atoms with Gasteiger partial charge in [0, 0.05) is 0 Å². The molecule has 0 spiro atoms. The Hall–Kier alpha value is -0.830. The van der Waals surface area contributed by atoms with Crippen molar-refractivity contribution in [2.45, 2.75) is 6.92 Å². The van der Waals surface area contributed by atoms with Gasteiger partial charge in [-0.3, -0.25) is 4.79 Å². The van der Waals surface area contributed by atoms with Crippen LogP contribution in [0, 0.1) is 6.92 Å². The van der Waals surface area contributed by atoms with Crippen LogP contribution in [0.3, 0.4) is 0 Å². The molecule has 64 valence electrons. The van der Waals surface area contributed by atoms with Gasteiger partial charge in [0.25, 0.3) is 0 Å². The molecule has 1 aromatic rings. The van der Waals surface area contributed by atoms with Crippen LogP contribution >= 0.6 is 15.9 Å². The predicted octanol–water partition coefficient (Wildman–Crippen LogP) is 2.58. The van der Waals surface area contributed by atoms with Gasteiger partial charge in [0.1, 0.15) is 5.75 Å². The average Bonchev–Trinajstić information content (AvgIpc) is 2.08. The highest BCUT2D eigenvalue weighted by Gasteiger charge is 2.08. The number of hydrogen-bond acceptors (Lipinski definition) is 2.